The number of benzene rings is 12. The molecule has 0 radical (unpaired) electrons. The molecule has 147 heavy (non-hydrogen) atoms. The van der Waals surface area contributed by atoms with Gasteiger partial charge in [-0.05, 0) is 0 Å². The van der Waals surface area contributed by atoms with Crippen LogP contribution in [0.2, 0.25) is 0 Å². The van der Waals surface area contributed by atoms with Crippen LogP contribution in [0.5, 0.6) is 0 Å². The van der Waals surface area contributed by atoms with Crippen LogP contribution < -0.4 is 22.9 Å². The summed E-state index contributed by atoms with van der Waals surface area (Å²) in [6, 6.07) is 93.7. The summed E-state index contributed by atoms with van der Waals surface area (Å²) in [7, 11) is -10.2. The molecule has 758 valence electrons. The van der Waals surface area contributed by atoms with Gasteiger partial charge >= 0.3 is 872 Å². The first-order valence-electron chi connectivity index (χ1n) is 54.5. The Balaban J connectivity index is 1.28. The molecule has 0 bridgehead atoms. The second-order valence-electron chi connectivity index (χ2n) is 51.0. The van der Waals surface area contributed by atoms with Gasteiger partial charge in [-0.15, -0.1) is 0 Å². The Hall–Kier alpha value is -10.8. The van der Waals surface area contributed by atoms with Gasteiger partial charge in [0.2, 0.25) is 0 Å². The van der Waals surface area contributed by atoms with E-state index in [9.17, 15) is 22.9 Å². The number of hydrogen-bond acceptors (Lipinski definition) is 4. The van der Waals surface area contributed by atoms with E-state index in [1.54, 1.807) is 0 Å². The number of fused-ring (bicyclic) bond motifs is 6. The summed E-state index contributed by atoms with van der Waals surface area (Å²) in [6.07, 6.45) is 15.7. The standard InChI is InChI=1S/6C21H23.3C2H4.4CH2NO.2Hf.Zr/c6*1-5-15-13-17-7-6-8-19(20(17)14-15)16-9-11-18(12-10-16)21(2,3)4;3*1-2;4*2-1-3;;;/h6*6-14H,5H2,1-4H3;3*1H,2H3;4*(H2,2,3);;;. The number of amides is 4. The van der Waals surface area contributed by atoms with Gasteiger partial charge in [-0.25, -0.2) is 0 Å². The molecular weight excluding hydrogens is 2200 g/mol. The third-order valence-corrected chi connectivity index (χ3v) is 588. The van der Waals surface area contributed by atoms with Crippen LogP contribution in [0.25, 0.3) is 103 Å². The van der Waals surface area contributed by atoms with Crippen molar-refractivity contribution in [2.75, 3.05) is 0 Å². The molecule has 0 heterocycles. The fourth-order valence-electron chi connectivity index (χ4n) is 33.9. The van der Waals surface area contributed by atoms with Crippen LogP contribution in [0.15, 0.2) is 288 Å². The Morgan fingerprint density at radius 1 is 0.238 bits per heavy atom. The summed E-state index contributed by atoms with van der Waals surface area (Å²) in [5, 5.41) is 0. The maximum atomic E-state index is 22.4. The average Bonchev–Trinajstić information content (AvgIpc) is 1.54. The van der Waals surface area contributed by atoms with Gasteiger partial charge in [0.1, 0.15) is 0 Å². The Morgan fingerprint density at radius 3 is 0.537 bits per heavy atom. The van der Waals surface area contributed by atoms with E-state index in [1.807, 2.05) is 0 Å². The predicted octanol–water partition coefficient (Wildman–Crippen LogP) is 35.8. The fourth-order valence-corrected chi connectivity index (χ4v) is 1020. The zero-order chi connectivity index (χ0) is 106. The molecular formula is C136H158Hf2N4O4Zr. The molecule has 12 aromatic carbocycles. The normalized spacial score (nSPS) is 18.7. The minimum absolute atomic E-state index is 0.229. The van der Waals surface area contributed by atoms with Gasteiger partial charge in [-0.2, -0.15) is 0 Å². The van der Waals surface area contributed by atoms with Crippen molar-refractivity contribution in [3.8, 4) is 66.8 Å². The predicted molar refractivity (Wildman–Crippen MR) is 623 cm³/mol. The monoisotopic (exact) mass is 2360 g/mol. The summed E-state index contributed by atoms with van der Waals surface area (Å²) < 4.78 is -4.91. The van der Waals surface area contributed by atoms with E-state index in [0.29, 0.717) is 22.3 Å². The molecule has 0 aliphatic heterocycles. The van der Waals surface area contributed by atoms with Gasteiger partial charge in [0.15, 0.2) is 0 Å². The number of hydrogen-bond donors (Lipinski definition) is 4. The van der Waals surface area contributed by atoms with Gasteiger partial charge in [-0.1, -0.05) is 0 Å². The topological polar surface area (TPSA) is 172 Å². The van der Waals surface area contributed by atoms with Gasteiger partial charge in [0, 0.05) is 0 Å². The molecule has 6 aliphatic carbocycles. The summed E-state index contributed by atoms with van der Waals surface area (Å²) in [5.41, 5.74) is 70.0. The Bertz CT molecular complexity index is 7260. The van der Waals surface area contributed by atoms with Crippen molar-refractivity contribution in [3.63, 3.8) is 0 Å². The fraction of sp³-hybridized carbons (Fsp3) is 0.331. The SMILES string of the molecule is C[CH]=[Zr]([CH]1C(CC)=Cc2c(-c3ccc(C(C)(C)C)cc3)cccc21)([CH]1C(CC)=Cc2c(-c3ccc(C(C)(C)C)cc3)cccc21)([Hf](=[CH]C)([C](N)=O)([C](N)=O)([CH]1C(CC)=Cc2c(-c3ccc(C(C)(C)C)cc3)cccc21)[CH]1C(CC)=Cc2c(-c3ccc(C(C)(C)C)cc3)cccc21)[Hf](=[CH]C)([C](N)=O)([C](N)=O)([CH]1C(CC)=Cc2c(-c3ccc(C(C)(C)C)cc3)cccc21)[CH]1C(CC)=Cc2c(-c3ccc(C(C)(C)C)cc3)cccc21. The summed E-state index contributed by atoms with van der Waals surface area (Å²) in [6.45, 7) is 60.1. The van der Waals surface area contributed by atoms with Crippen molar-refractivity contribution in [2.24, 2.45) is 22.9 Å². The van der Waals surface area contributed by atoms with Gasteiger partial charge < -0.3 is 0 Å². The average molecular weight is 2360 g/mol. The van der Waals surface area contributed by atoms with Gasteiger partial charge in [-0.3, -0.25) is 0 Å². The van der Waals surface area contributed by atoms with Crippen LogP contribution in [-0.4, -0.2) is 25.9 Å². The van der Waals surface area contributed by atoms with Crippen molar-refractivity contribution in [1.82, 2.24) is 0 Å². The summed E-state index contributed by atoms with van der Waals surface area (Å²) in [4.78, 5) is 89.5. The molecule has 12 aromatic rings. The number of primary amides is 4. The molecule has 4 amide bonds. The van der Waals surface area contributed by atoms with Crippen LogP contribution in [0.1, 0.15) is 348 Å². The molecule has 11 heteroatoms. The molecule has 0 spiro atoms. The van der Waals surface area contributed by atoms with Crippen molar-refractivity contribution in [1.29, 1.82) is 0 Å². The van der Waals surface area contributed by atoms with E-state index in [0.717, 1.165) is 178 Å². The molecule has 0 fully saturated rings. The molecule has 18 rings (SSSR count). The minimum atomic E-state index is -11.0. The molecule has 8 N–H and O–H groups in total. The number of nitrogens with two attached hydrogens (primary N) is 4. The van der Waals surface area contributed by atoms with Crippen molar-refractivity contribution < 1.29 is 51.7 Å². The molecule has 0 saturated heterocycles. The molecule has 6 aliphatic rings. The quantitative estimate of drug-likeness (QED) is 0.0441. The van der Waals surface area contributed by atoms with E-state index in [4.69, 9.17) is 0 Å². The Labute approximate surface area is 863 Å². The van der Waals surface area contributed by atoms with Gasteiger partial charge in [0.05, 0.1) is 0 Å². The van der Waals surface area contributed by atoms with Crippen molar-refractivity contribution >= 4 is 62.3 Å². The van der Waals surface area contributed by atoms with Gasteiger partial charge in [0.25, 0.3) is 0 Å². The van der Waals surface area contributed by atoms with E-state index in [-0.39, 0.29) is 71.0 Å². The zero-order valence-electron chi connectivity index (χ0n) is 92.6. The van der Waals surface area contributed by atoms with Crippen molar-refractivity contribution in [3.05, 3.63) is 388 Å². The van der Waals surface area contributed by atoms with Crippen molar-refractivity contribution in [2.45, 2.75) is 280 Å². The van der Waals surface area contributed by atoms with Crippen LogP contribution in [0, 0.1) is 0 Å². The first kappa shape index (κ1) is 106. The summed E-state index contributed by atoms with van der Waals surface area (Å²) >= 11 is -22.0. The Kier molecular flexibility index (Phi) is 25.9. The third kappa shape index (κ3) is 13.1. The molecule has 6 unspecified atom stereocenters. The first-order valence-corrected chi connectivity index (χ1v) is 102. The van der Waals surface area contributed by atoms with E-state index >= 15 is 19.2 Å². The molecule has 0 saturated carbocycles. The maximum absolute atomic E-state index is 22.4. The first-order chi connectivity index (χ1) is 69.4. The van der Waals surface area contributed by atoms with Crippen LogP contribution >= 0.6 is 0 Å². The van der Waals surface area contributed by atoms with E-state index in [2.05, 4.69) is 489 Å². The molecule has 6 atom stereocenters. The number of carbonyl (C=O) groups is 4. The number of carbonyl (C=O) groups excluding carboxylic acids is 4. The summed E-state index contributed by atoms with van der Waals surface area (Å²) in [5.74, 6) is 0. The second kappa shape index (κ2) is 36.0. The van der Waals surface area contributed by atoms with Crippen LogP contribution in [0.3, 0.4) is 0 Å². The van der Waals surface area contributed by atoms with E-state index in [1.165, 1.54) is 0 Å². The molecule has 8 nitrogen and oxygen atoms in total. The third-order valence-electron chi connectivity index (χ3n) is 39.9. The van der Waals surface area contributed by atoms with Crippen LogP contribution in [0.4, 0.5) is 19.2 Å². The van der Waals surface area contributed by atoms with Crippen LogP contribution in [-0.2, 0) is 65.0 Å². The Morgan fingerprint density at radius 2 is 0.395 bits per heavy atom. The zero-order valence-corrected chi connectivity index (χ0v) is 102. The second-order valence-corrected chi connectivity index (χ2v) is 254. The number of allylic oxidation sites excluding steroid dienone is 6. The number of rotatable bonds is 24. The molecule has 0 aromatic heterocycles. The van der Waals surface area contributed by atoms with E-state index < -0.39 is 69.1 Å².